The first-order valence-electron chi connectivity index (χ1n) is 8.30. The van der Waals surface area contributed by atoms with Gasteiger partial charge < -0.3 is 14.8 Å². The van der Waals surface area contributed by atoms with Crippen LogP contribution in [0.15, 0.2) is 35.5 Å². The number of benzene rings is 1. The molecule has 0 unspecified atom stereocenters. The number of aryl methyl sites for hydroxylation is 1. The van der Waals surface area contributed by atoms with Crippen molar-refractivity contribution in [2.24, 2.45) is 7.05 Å². The number of ether oxygens (including phenoxy) is 2. The highest BCUT2D eigenvalue weighted by Gasteiger charge is 2.28. The summed E-state index contributed by atoms with van der Waals surface area (Å²) in [6.07, 6.45) is -0.702. The Bertz CT molecular complexity index is 760. The largest absolute Gasteiger partial charge is 0.458 e. The normalized spacial score (nSPS) is 12.3. The molecule has 1 aromatic heterocycles. The third kappa shape index (κ3) is 7.26. The Kier molecular flexibility index (Phi) is 7.17. The zero-order chi connectivity index (χ0) is 19.9. The molecule has 0 fully saturated rings. The number of carbonyl (C=O) groups is 2. The van der Waals surface area contributed by atoms with Crippen LogP contribution in [-0.4, -0.2) is 49.7 Å². The fourth-order valence-electron chi connectivity index (χ4n) is 1.95. The van der Waals surface area contributed by atoms with E-state index in [1.807, 2.05) is 30.3 Å². The van der Waals surface area contributed by atoms with Gasteiger partial charge in [-0.15, -0.1) is 5.10 Å². The topological polar surface area (TPSA) is 108 Å². The van der Waals surface area contributed by atoms with Gasteiger partial charge in [0.2, 0.25) is 5.16 Å². The number of hydrogen-bond acceptors (Lipinski definition) is 8. The summed E-state index contributed by atoms with van der Waals surface area (Å²) in [7, 11) is 1.69. The molecule has 1 amide bonds. The van der Waals surface area contributed by atoms with E-state index < -0.39 is 23.7 Å². The molecule has 27 heavy (non-hydrogen) atoms. The van der Waals surface area contributed by atoms with Gasteiger partial charge in [-0.1, -0.05) is 42.1 Å². The molecule has 1 atom stereocenters. The number of hydrogen-bond donors (Lipinski definition) is 1. The number of thioether (sulfide) groups is 1. The number of esters is 1. The molecule has 0 aliphatic rings. The standard InChI is InChI=1S/C17H23N5O4S/c1-17(2,3)26-14(23)13(11-27-15-19-20-21-22(15)4)18-16(24)25-10-12-8-6-5-7-9-12/h5-9,13H,10-11H2,1-4H3,(H,18,24)/t13-/m1/s1. The lowest BCUT2D eigenvalue weighted by atomic mass is 10.2. The second kappa shape index (κ2) is 9.36. The Morgan fingerprint density at radius 3 is 2.56 bits per heavy atom. The van der Waals surface area contributed by atoms with Gasteiger partial charge in [0.1, 0.15) is 18.2 Å². The zero-order valence-corrected chi connectivity index (χ0v) is 16.5. The molecule has 2 rings (SSSR count). The van der Waals surface area contributed by atoms with Crippen LogP contribution in [0.4, 0.5) is 4.79 Å². The minimum atomic E-state index is -0.908. The minimum absolute atomic E-state index is 0.105. The van der Waals surface area contributed by atoms with Gasteiger partial charge in [0.05, 0.1) is 0 Å². The maximum absolute atomic E-state index is 12.4. The van der Waals surface area contributed by atoms with Gasteiger partial charge >= 0.3 is 12.1 Å². The second-order valence-corrected chi connectivity index (χ2v) is 7.68. The summed E-state index contributed by atoms with van der Waals surface area (Å²) in [6.45, 7) is 5.38. The Hall–Kier alpha value is -2.62. The molecule has 9 nitrogen and oxygen atoms in total. The van der Waals surface area contributed by atoms with E-state index >= 15 is 0 Å². The van der Waals surface area contributed by atoms with Crippen molar-refractivity contribution in [3.05, 3.63) is 35.9 Å². The first kappa shape index (κ1) is 20.7. The van der Waals surface area contributed by atoms with Gasteiger partial charge in [-0.3, -0.25) is 0 Å². The molecule has 0 aliphatic heterocycles. The lowest BCUT2D eigenvalue weighted by Gasteiger charge is -2.24. The quantitative estimate of drug-likeness (QED) is 0.562. The SMILES string of the molecule is Cn1nnnc1SC[C@@H](NC(=O)OCc1ccccc1)C(=O)OC(C)(C)C. The maximum atomic E-state index is 12.4. The molecule has 0 bridgehead atoms. The van der Waals surface area contributed by atoms with Crippen LogP contribution in [0.1, 0.15) is 26.3 Å². The van der Waals surface area contributed by atoms with Crippen molar-refractivity contribution in [2.45, 2.75) is 44.2 Å². The molecule has 1 aromatic carbocycles. The van der Waals surface area contributed by atoms with Crippen LogP contribution in [-0.2, 0) is 27.9 Å². The van der Waals surface area contributed by atoms with Crippen LogP contribution in [0.3, 0.4) is 0 Å². The van der Waals surface area contributed by atoms with Crippen LogP contribution in [0.2, 0.25) is 0 Å². The van der Waals surface area contributed by atoms with E-state index in [0.29, 0.717) is 5.16 Å². The molecule has 0 aliphatic carbocycles. The smallest absolute Gasteiger partial charge is 0.408 e. The molecule has 0 radical (unpaired) electrons. The highest BCUT2D eigenvalue weighted by atomic mass is 32.2. The maximum Gasteiger partial charge on any atom is 0.408 e. The summed E-state index contributed by atoms with van der Waals surface area (Å²) >= 11 is 1.23. The van der Waals surface area contributed by atoms with Gasteiger partial charge in [0.25, 0.3) is 0 Å². The van der Waals surface area contributed by atoms with Gasteiger partial charge in [0.15, 0.2) is 0 Å². The first-order valence-corrected chi connectivity index (χ1v) is 9.28. The van der Waals surface area contributed by atoms with Gasteiger partial charge in [-0.25, -0.2) is 14.3 Å². The van der Waals surface area contributed by atoms with E-state index in [2.05, 4.69) is 20.8 Å². The highest BCUT2D eigenvalue weighted by molar-refractivity contribution is 7.99. The van der Waals surface area contributed by atoms with E-state index in [1.165, 1.54) is 16.4 Å². The number of amides is 1. The lowest BCUT2D eigenvalue weighted by Crippen LogP contribution is -2.46. The van der Waals surface area contributed by atoms with Crippen molar-refractivity contribution in [2.75, 3.05) is 5.75 Å². The zero-order valence-electron chi connectivity index (χ0n) is 15.7. The average molecular weight is 393 g/mol. The van der Waals surface area contributed by atoms with Crippen LogP contribution in [0.25, 0.3) is 0 Å². The summed E-state index contributed by atoms with van der Waals surface area (Å²) in [4.78, 5) is 24.6. The van der Waals surface area contributed by atoms with Crippen molar-refractivity contribution < 1.29 is 19.1 Å². The van der Waals surface area contributed by atoms with Crippen molar-refractivity contribution in [3.8, 4) is 0 Å². The summed E-state index contributed by atoms with van der Waals surface area (Å²) < 4.78 is 12.0. The minimum Gasteiger partial charge on any atom is -0.458 e. The Balaban J connectivity index is 1.96. The predicted molar refractivity (Wildman–Crippen MR) is 98.9 cm³/mol. The molecule has 146 valence electrons. The fraction of sp³-hybridized carbons (Fsp3) is 0.471. The Labute approximate surface area is 161 Å². The molecular formula is C17H23N5O4S. The number of alkyl carbamates (subject to hydrolysis) is 1. The summed E-state index contributed by atoms with van der Waals surface area (Å²) in [5.74, 6) is -0.356. The number of nitrogens with one attached hydrogen (secondary N) is 1. The Morgan fingerprint density at radius 2 is 1.96 bits per heavy atom. The van der Waals surface area contributed by atoms with Crippen molar-refractivity contribution in [3.63, 3.8) is 0 Å². The third-order valence-corrected chi connectivity index (χ3v) is 4.26. The van der Waals surface area contributed by atoms with Crippen molar-refractivity contribution in [1.82, 2.24) is 25.5 Å². The number of carbonyl (C=O) groups excluding carboxylic acids is 2. The third-order valence-electron chi connectivity index (χ3n) is 3.16. The summed E-state index contributed by atoms with van der Waals surface area (Å²) in [6, 6.07) is 8.36. The Morgan fingerprint density at radius 1 is 1.26 bits per heavy atom. The second-order valence-electron chi connectivity index (χ2n) is 6.69. The fourth-order valence-corrected chi connectivity index (χ4v) is 2.80. The lowest BCUT2D eigenvalue weighted by molar-refractivity contribution is -0.156. The van der Waals surface area contributed by atoms with Crippen LogP contribution in [0.5, 0.6) is 0 Å². The molecular weight excluding hydrogens is 370 g/mol. The monoisotopic (exact) mass is 393 g/mol. The molecule has 0 spiro atoms. The van der Waals surface area contributed by atoms with Crippen molar-refractivity contribution >= 4 is 23.8 Å². The number of rotatable bonds is 7. The number of tetrazole rings is 1. The number of aromatic nitrogens is 4. The molecule has 0 saturated carbocycles. The van der Waals surface area contributed by atoms with Crippen LogP contribution >= 0.6 is 11.8 Å². The number of nitrogens with zero attached hydrogens (tertiary/aromatic N) is 4. The molecule has 0 saturated heterocycles. The van der Waals surface area contributed by atoms with E-state index in [-0.39, 0.29) is 12.4 Å². The summed E-state index contributed by atoms with van der Waals surface area (Å²) in [5.41, 5.74) is 0.170. The van der Waals surface area contributed by atoms with Gasteiger partial charge in [-0.2, -0.15) is 0 Å². The van der Waals surface area contributed by atoms with E-state index in [9.17, 15) is 9.59 Å². The highest BCUT2D eigenvalue weighted by Crippen LogP contribution is 2.16. The van der Waals surface area contributed by atoms with Gasteiger partial charge in [0, 0.05) is 12.8 Å². The molecule has 1 heterocycles. The molecule has 10 heteroatoms. The van der Waals surface area contributed by atoms with Gasteiger partial charge in [-0.05, 0) is 36.8 Å². The van der Waals surface area contributed by atoms with Crippen LogP contribution < -0.4 is 5.32 Å². The average Bonchev–Trinajstić information content (AvgIpc) is 3.01. The predicted octanol–water partition coefficient (Wildman–Crippen LogP) is 1.94. The summed E-state index contributed by atoms with van der Waals surface area (Å²) in [5, 5.41) is 14.2. The first-order chi connectivity index (χ1) is 12.7. The van der Waals surface area contributed by atoms with Crippen molar-refractivity contribution in [1.29, 1.82) is 0 Å². The van der Waals surface area contributed by atoms with E-state index in [1.54, 1.807) is 27.8 Å². The van der Waals surface area contributed by atoms with E-state index in [0.717, 1.165) is 5.56 Å². The molecule has 2 aromatic rings. The van der Waals surface area contributed by atoms with Crippen LogP contribution in [0, 0.1) is 0 Å². The molecule has 1 N–H and O–H groups in total. The van der Waals surface area contributed by atoms with E-state index in [4.69, 9.17) is 9.47 Å².